The van der Waals surface area contributed by atoms with Crippen LogP contribution in [0.2, 0.25) is 0 Å². The fourth-order valence-corrected chi connectivity index (χ4v) is 4.42. The van der Waals surface area contributed by atoms with E-state index in [0.29, 0.717) is 25.1 Å². The molecule has 27 heavy (non-hydrogen) atoms. The first-order valence-electron chi connectivity index (χ1n) is 9.68. The third-order valence-electron chi connectivity index (χ3n) is 5.93. The molecule has 1 aromatic rings. The molecular formula is C20H26N4O3. The summed E-state index contributed by atoms with van der Waals surface area (Å²) in [5, 5.41) is 9.36. The standard InChI is InChI=1S/C20H26N4O3/c1-20(8-3-9-22-20)12-21-10-13-4-2-5-14-11-24(19(27)17(13)14)15-6-7-16(25)23-18(15)26/h2,4-5,15,21-22H,3,6-12H2,1H3,(H,23,25,26)/t15?,20-/m1/s1. The first kappa shape index (κ1) is 18.1. The number of fused-ring (bicyclic) bond motifs is 1. The highest BCUT2D eigenvalue weighted by atomic mass is 16.2. The van der Waals surface area contributed by atoms with Crippen LogP contribution in [0.25, 0.3) is 0 Å². The Morgan fingerprint density at radius 1 is 1.30 bits per heavy atom. The summed E-state index contributed by atoms with van der Waals surface area (Å²) in [6, 6.07) is 5.32. The van der Waals surface area contributed by atoms with Crippen molar-refractivity contribution in [3.63, 3.8) is 0 Å². The van der Waals surface area contributed by atoms with Gasteiger partial charge in [-0.2, -0.15) is 0 Å². The highest BCUT2D eigenvalue weighted by molar-refractivity contribution is 6.05. The Kier molecular flexibility index (Phi) is 4.74. The van der Waals surface area contributed by atoms with Crippen molar-refractivity contribution in [1.82, 2.24) is 20.9 Å². The summed E-state index contributed by atoms with van der Waals surface area (Å²) in [5.41, 5.74) is 2.74. The first-order chi connectivity index (χ1) is 13.0. The van der Waals surface area contributed by atoms with Gasteiger partial charge in [0.15, 0.2) is 0 Å². The van der Waals surface area contributed by atoms with Crippen molar-refractivity contribution in [3.05, 3.63) is 34.9 Å². The van der Waals surface area contributed by atoms with Crippen LogP contribution in [0, 0.1) is 0 Å². The molecule has 1 aromatic carbocycles. The molecule has 3 N–H and O–H groups in total. The van der Waals surface area contributed by atoms with Crippen LogP contribution < -0.4 is 16.0 Å². The van der Waals surface area contributed by atoms with Crippen LogP contribution in [0.1, 0.15) is 54.1 Å². The maximum atomic E-state index is 13.0. The second kappa shape index (κ2) is 7.05. The van der Waals surface area contributed by atoms with Gasteiger partial charge >= 0.3 is 0 Å². The molecule has 3 aliphatic heterocycles. The molecule has 2 atom stereocenters. The van der Waals surface area contributed by atoms with Crippen molar-refractivity contribution in [2.24, 2.45) is 0 Å². The molecular weight excluding hydrogens is 344 g/mol. The van der Waals surface area contributed by atoms with Gasteiger partial charge in [-0.05, 0) is 43.9 Å². The van der Waals surface area contributed by atoms with Crippen LogP contribution in [-0.4, -0.2) is 47.3 Å². The Morgan fingerprint density at radius 3 is 2.89 bits per heavy atom. The Morgan fingerprint density at radius 2 is 2.15 bits per heavy atom. The predicted octanol–water partition coefficient (Wildman–Crippen LogP) is 0.679. The average molecular weight is 370 g/mol. The maximum Gasteiger partial charge on any atom is 0.255 e. The van der Waals surface area contributed by atoms with Crippen LogP contribution in [0.5, 0.6) is 0 Å². The Balaban J connectivity index is 1.46. The number of amides is 3. The molecule has 4 rings (SSSR count). The lowest BCUT2D eigenvalue weighted by atomic mass is 9.99. The summed E-state index contributed by atoms with van der Waals surface area (Å²) in [5.74, 6) is -0.742. The first-order valence-corrected chi connectivity index (χ1v) is 9.68. The van der Waals surface area contributed by atoms with Crippen LogP contribution in [-0.2, 0) is 22.7 Å². The van der Waals surface area contributed by atoms with Gasteiger partial charge in [0.05, 0.1) is 0 Å². The summed E-state index contributed by atoms with van der Waals surface area (Å²) < 4.78 is 0. The number of benzene rings is 1. The summed E-state index contributed by atoms with van der Waals surface area (Å²) >= 11 is 0. The molecule has 3 heterocycles. The Labute approximate surface area is 158 Å². The number of nitrogens with zero attached hydrogens (tertiary/aromatic N) is 1. The third kappa shape index (κ3) is 3.49. The lowest BCUT2D eigenvalue weighted by Crippen LogP contribution is -2.52. The number of rotatable bonds is 5. The van der Waals surface area contributed by atoms with E-state index in [0.717, 1.165) is 30.6 Å². The van der Waals surface area contributed by atoms with Crippen molar-refractivity contribution in [1.29, 1.82) is 0 Å². The van der Waals surface area contributed by atoms with Crippen molar-refractivity contribution >= 4 is 17.7 Å². The van der Waals surface area contributed by atoms with E-state index in [2.05, 4.69) is 22.9 Å². The van der Waals surface area contributed by atoms with E-state index >= 15 is 0 Å². The number of hydrogen-bond acceptors (Lipinski definition) is 5. The third-order valence-corrected chi connectivity index (χ3v) is 5.93. The number of piperidine rings is 1. The molecule has 0 aromatic heterocycles. The number of carbonyl (C=O) groups is 3. The number of hydrogen-bond donors (Lipinski definition) is 3. The van der Waals surface area contributed by atoms with E-state index in [1.54, 1.807) is 4.90 Å². The van der Waals surface area contributed by atoms with E-state index in [4.69, 9.17) is 0 Å². The van der Waals surface area contributed by atoms with Crippen molar-refractivity contribution in [3.8, 4) is 0 Å². The predicted molar refractivity (Wildman–Crippen MR) is 99.8 cm³/mol. The van der Waals surface area contributed by atoms with Crippen LogP contribution in [0.3, 0.4) is 0 Å². The van der Waals surface area contributed by atoms with Gasteiger partial charge in [-0.1, -0.05) is 18.2 Å². The van der Waals surface area contributed by atoms with Gasteiger partial charge in [-0.15, -0.1) is 0 Å². The number of imide groups is 1. The topological polar surface area (TPSA) is 90.5 Å². The molecule has 144 valence electrons. The lowest BCUT2D eigenvalue weighted by Gasteiger charge is -2.29. The van der Waals surface area contributed by atoms with Gasteiger partial charge < -0.3 is 15.5 Å². The van der Waals surface area contributed by atoms with Gasteiger partial charge in [0.2, 0.25) is 11.8 Å². The molecule has 7 heteroatoms. The van der Waals surface area contributed by atoms with Gasteiger partial charge in [0, 0.05) is 37.2 Å². The molecule has 3 amide bonds. The zero-order valence-electron chi connectivity index (χ0n) is 15.6. The summed E-state index contributed by atoms with van der Waals surface area (Å²) in [6.07, 6.45) is 3.01. The number of carbonyl (C=O) groups excluding carboxylic acids is 3. The summed E-state index contributed by atoms with van der Waals surface area (Å²) in [4.78, 5) is 38.2. The van der Waals surface area contributed by atoms with Gasteiger partial charge in [0.25, 0.3) is 5.91 Å². The van der Waals surface area contributed by atoms with Gasteiger partial charge in [-0.3, -0.25) is 19.7 Å². The van der Waals surface area contributed by atoms with E-state index in [1.165, 1.54) is 6.42 Å². The highest BCUT2D eigenvalue weighted by Gasteiger charge is 2.40. The Hall–Kier alpha value is -2.25. The molecule has 0 spiro atoms. The molecule has 2 fully saturated rings. The second-order valence-electron chi connectivity index (χ2n) is 8.05. The Bertz CT molecular complexity index is 785. The smallest absolute Gasteiger partial charge is 0.255 e. The fraction of sp³-hybridized carbons (Fsp3) is 0.550. The zero-order chi connectivity index (χ0) is 19.0. The van der Waals surface area contributed by atoms with Gasteiger partial charge in [0.1, 0.15) is 6.04 Å². The second-order valence-corrected chi connectivity index (χ2v) is 8.05. The van der Waals surface area contributed by atoms with Crippen molar-refractivity contribution < 1.29 is 14.4 Å². The van der Waals surface area contributed by atoms with E-state index in [1.807, 2.05) is 18.2 Å². The minimum atomic E-state index is -0.565. The van der Waals surface area contributed by atoms with Crippen molar-refractivity contribution in [2.75, 3.05) is 13.1 Å². The molecule has 7 nitrogen and oxygen atoms in total. The van der Waals surface area contributed by atoms with E-state index in [-0.39, 0.29) is 29.7 Å². The minimum Gasteiger partial charge on any atom is -0.322 e. The van der Waals surface area contributed by atoms with Crippen LogP contribution in [0.4, 0.5) is 0 Å². The molecule has 1 unspecified atom stereocenters. The quantitative estimate of drug-likeness (QED) is 0.663. The highest BCUT2D eigenvalue weighted by Crippen LogP contribution is 2.30. The molecule has 2 saturated heterocycles. The number of nitrogens with one attached hydrogen (secondary N) is 3. The lowest BCUT2D eigenvalue weighted by molar-refractivity contribution is -0.136. The fourth-order valence-electron chi connectivity index (χ4n) is 4.42. The zero-order valence-corrected chi connectivity index (χ0v) is 15.6. The van der Waals surface area contributed by atoms with Crippen LogP contribution >= 0.6 is 0 Å². The average Bonchev–Trinajstić information content (AvgIpc) is 3.20. The molecule has 0 aliphatic carbocycles. The normalized spacial score (nSPS) is 27.8. The molecule has 0 radical (unpaired) electrons. The van der Waals surface area contributed by atoms with E-state index < -0.39 is 6.04 Å². The summed E-state index contributed by atoms with van der Waals surface area (Å²) in [7, 11) is 0. The minimum absolute atomic E-state index is 0.109. The molecule has 0 bridgehead atoms. The largest absolute Gasteiger partial charge is 0.322 e. The monoisotopic (exact) mass is 370 g/mol. The SMILES string of the molecule is C[C@]1(CNCc2cccc3c2C(=O)N(C2CCC(=O)NC2=O)C3)CCCN1. The van der Waals surface area contributed by atoms with E-state index in [9.17, 15) is 14.4 Å². The van der Waals surface area contributed by atoms with Crippen LogP contribution in [0.15, 0.2) is 18.2 Å². The maximum absolute atomic E-state index is 13.0. The molecule has 0 saturated carbocycles. The summed E-state index contributed by atoms with van der Waals surface area (Å²) in [6.45, 7) is 5.17. The van der Waals surface area contributed by atoms with Crippen molar-refractivity contribution in [2.45, 2.75) is 57.3 Å². The molecule has 3 aliphatic rings. The van der Waals surface area contributed by atoms with Gasteiger partial charge in [-0.25, -0.2) is 0 Å².